The van der Waals surface area contributed by atoms with Crippen LogP contribution < -0.4 is 10.8 Å². The zero-order valence-electron chi connectivity index (χ0n) is 14.1. The summed E-state index contributed by atoms with van der Waals surface area (Å²) in [6.45, 7) is 2.61. The second-order valence-electron chi connectivity index (χ2n) is 5.75. The lowest BCUT2D eigenvalue weighted by Crippen LogP contribution is -2.26. The van der Waals surface area contributed by atoms with E-state index in [1.807, 2.05) is 36.1 Å². The molecule has 1 aromatic heterocycles. The number of thiophene rings is 1. The highest BCUT2D eigenvalue weighted by Crippen LogP contribution is 2.28. The van der Waals surface area contributed by atoms with Crippen LogP contribution in [0.2, 0.25) is 0 Å². The van der Waals surface area contributed by atoms with Crippen molar-refractivity contribution in [3.05, 3.63) is 28.5 Å². The number of hydrogen-bond acceptors (Lipinski definition) is 6. The first-order chi connectivity index (χ1) is 12.1. The Balaban J connectivity index is 1.85. The zero-order valence-corrected chi connectivity index (χ0v) is 15.7. The first-order valence-electron chi connectivity index (χ1n) is 8.25. The summed E-state index contributed by atoms with van der Waals surface area (Å²) in [5, 5.41) is 13.5. The maximum atomic E-state index is 12.6. The second-order valence-corrected chi connectivity index (χ2v) is 7.73. The van der Waals surface area contributed by atoms with E-state index in [4.69, 9.17) is 5.21 Å². The quantitative estimate of drug-likeness (QED) is 0.265. The molecule has 0 spiro atoms. The molecular formula is C17H23N3O3S2. The van der Waals surface area contributed by atoms with Crippen LogP contribution in [0.25, 0.3) is 5.57 Å². The zero-order chi connectivity index (χ0) is 18.1. The van der Waals surface area contributed by atoms with Crippen molar-refractivity contribution in [2.75, 3.05) is 6.54 Å². The van der Waals surface area contributed by atoms with Gasteiger partial charge in [-0.15, -0.1) is 23.1 Å². The lowest BCUT2D eigenvalue weighted by Gasteiger charge is -2.12. The summed E-state index contributed by atoms with van der Waals surface area (Å²) < 4.78 is 0. The minimum absolute atomic E-state index is 0.0738. The third-order valence-electron chi connectivity index (χ3n) is 3.84. The molecule has 2 amide bonds. The summed E-state index contributed by atoms with van der Waals surface area (Å²) in [6, 6.07) is 4.06. The van der Waals surface area contributed by atoms with Crippen LogP contribution >= 0.6 is 23.1 Å². The normalized spacial score (nSPS) is 19.8. The molecule has 0 saturated carbocycles. The summed E-state index contributed by atoms with van der Waals surface area (Å²) in [4.78, 5) is 28.8. The molecule has 0 aromatic carbocycles. The highest BCUT2D eigenvalue weighted by molar-refractivity contribution is 8.13. The van der Waals surface area contributed by atoms with E-state index in [0.29, 0.717) is 25.0 Å². The van der Waals surface area contributed by atoms with Gasteiger partial charge in [0.05, 0.1) is 22.4 Å². The molecule has 0 saturated heterocycles. The van der Waals surface area contributed by atoms with Crippen LogP contribution in [0.3, 0.4) is 0 Å². The van der Waals surface area contributed by atoms with E-state index < -0.39 is 0 Å². The molecule has 1 aromatic rings. The molecule has 0 bridgehead atoms. The Morgan fingerprint density at radius 1 is 1.36 bits per heavy atom. The molecule has 1 aliphatic rings. The molecule has 1 aliphatic heterocycles. The maximum Gasteiger partial charge on any atom is 0.252 e. The molecule has 2 heterocycles. The van der Waals surface area contributed by atoms with Crippen LogP contribution in [0, 0.1) is 0 Å². The van der Waals surface area contributed by atoms with Crippen LogP contribution in [0.4, 0.5) is 0 Å². The van der Waals surface area contributed by atoms with Gasteiger partial charge in [-0.05, 0) is 31.2 Å². The molecule has 0 fully saturated rings. The van der Waals surface area contributed by atoms with Crippen molar-refractivity contribution in [2.45, 2.75) is 43.9 Å². The van der Waals surface area contributed by atoms with Gasteiger partial charge in [-0.2, -0.15) is 0 Å². The third-order valence-corrected chi connectivity index (χ3v) is 5.83. The van der Waals surface area contributed by atoms with E-state index >= 15 is 0 Å². The highest BCUT2D eigenvalue weighted by Gasteiger charge is 2.22. The number of amides is 2. The van der Waals surface area contributed by atoms with Gasteiger partial charge in [-0.25, -0.2) is 5.48 Å². The third kappa shape index (κ3) is 6.30. The van der Waals surface area contributed by atoms with Crippen LogP contribution in [-0.2, 0) is 9.59 Å². The number of carbonyl (C=O) groups is 2. The number of carbonyl (C=O) groups excluding carboxylic acids is 2. The predicted molar refractivity (Wildman–Crippen MR) is 103 cm³/mol. The van der Waals surface area contributed by atoms with Gasteiger partial charge >= 0.3 is 0 Å². The average molecular weight is 382 g/mol. The second kappa shape index (κ2) is 10.4. The molecule has 0 radical (unpaired) electrons. The van der Waals surface area contributed by atoms with Gasteiger partial charge in [-0.1, -0.05) is 18.6 Å². The first-order valence-corrected chi connectivity index (χ1v) is 10.1. The lowest BCUT2D eigenvalue weighted by atomic mass is 10.1. The number of unbranched alkanes of at least 4 members (excludes halogenated alkanes) is 2. The maximum absolute atomic E-state index is 12.6. The topological polar surface area (TPSA) is 90.8 Å². The van der Waals surface area contributed by atoms with Gasteiger partial charge in [0.2, 0.25) is 5.91 Å². The van der Waals surface area contributed by atoms with E-state index in [2.05, 4.69) is 10.3 Å². The van der Waals surface area contributed by atoms with E-state index in [-0.39, 0.29) is 23.1 Å². The van der Waals surface area contributed by atoms with Crippen molar-refractivity contribution in [2.24, 2.45) is 4.99 Å². The minimum atomic E-state index is -0.377. The van der Waals surface area contributed by atoms with Gasteiger partial charge in [0.1, 0.15) is 0 Å². The first kappa shape index (κ1) is 19.7. The van der Waals surface area contributed by atoms with Crippen molar-refractivity contribution in [3.63, 3.8) is 0 Å². The summed E-state index contributed by atoms with van der Waals surface area (Å²) >= 11 is 3.18. The number of hydroxylamine groups is 1. The Labute approximate surface area is 155 Å². The van der Waals surface area contributed by atoms with Crippen LogP contribution in [0.15, 0.2) is 28.6 Å². The molecule has 2 atom stereocenters. The van der Waals surface area contributed by atoms with Crippen molar-refractivity contribution in [3.8, 4) is 0 Å². The number of nitrogens with zero attached hydrogens (tertiary/aromatic N) is 1. The van der Waals surface area contributed by atoms with E-state index in [1.165, 1.54) is 0 Å². The summed E-state index contributed by atoms with van der Waals surface area (Å²) in [7, 11) is 0. The Morgan fingerprint density at radius 3 is 2.84 bits per heavy atom. The summed E-state index contributed by atoms with van der Waals surface area (Å²) in [6.07, 6.45) is 4.59. The molecular weight excluding hydrogens is 358 g/mol. The fraction of sp³-hybridized carbons (Fsp3) is 0.471. The SMILES string of the molecule is CC1N=CSC1/C=C(/C(=O)NCCCCCC(=O)NO)c1cccs1. The number of rotatable bonds is 9. The van der Waals surface area contributed by atoms with Gasteiger partial charge in [0, 0.05) is 17.8 Å². The van der Waals surface area contributed by atoms with Crippen molar-refractivity contribution in [1.82, 2.24) is 10.8 Å². The van der Waals surface area contributed by atoms with Crippen molar-refractivity contribution >= 4 is 46.0 Å². The predicted octanol–water partition coefficient (Wildman–Crippen LogP) is 2.85. The Morgan fingerprint density at radius 2 is 2.20 bits per heavy atom. The average Bonchev–Trinajstić information content (AvgIpc) is 3.27. The smallest absolute Gasteiger partial charge is 0.252 e. The number of aliphatic imine (C=N–C) groups is 1. The fourth-order valence-electron chi connectivity index (χ4n) is 2.38. The van der Waals surface area contributed by atoms with Gasteiger partial charge in [0.15, 0.2) is 0 Å². The van der Waals surface area contributed by atoms with Crippen molar-refractivity contribution in [1.29, 1.82) is 0 Å². The van der Waals surface area contributed by atoms with Crippen LogP contribution in [0.1, 0.15) is 37.5 Å². The standard InChI is InChI=1S/C17H23N3O3S2/c1-12-15(25-11-19-12)10-13(14-6-5-9-24-14)17(22)18-8-4-2-3-7-16(21)20-23/h5-6,9-12,15,23H,2-4,7-8H2,1H3,(H,18,22)(H,20,21)/b13-10+. The Kier molecular flexibility index (Phi) is 8.17. The largest absolute Gasteiger partial charge is 0.352 e. The van der Waals surface area contributed by atoms with Gasteiger partial charge < -0.3 is 5.32 Å². The van der Waals surface area contributed by atoms with E-state index in [9.17, 15) is 9.59 Å². The number of hydrogen-bond donors (Lipinski definition) is 3. The molecule has 136 valence electrons. The van der Waals surface area contributed by atoms with Crippen LogP contribution in [0.5, 0.6) is 0 Å². The number of nitrogens with one attached hydrogen (secondary N) is 2. The summed E-state index contributed by atoms with van der Waals surface area (Å²) in [5.74, 6) is -0.451. The van der Waals surface area contributed by atoms with Crippen molar-refractivity contribution < 1.29 is 14.8 Å². The lowest BCUT2D eigenvalue weighted by molar-refractivity contribution is -0.129. The Hall–Kier alpha value is -1.64. The molecule has 25 heavy (non-hydrogen) atoms. The monoisotopic (exact) mass is 381 g/mol. The Bertz CT molecular complexity index is 629. The van der Waals surface area contributed by atoms with E-state index in [0.717, 1.165) is 17.7 Å². The minimum Gasteiger partial charge on any atom is -0.352 e. The highest BCUT2D eigenvalue weighted by atomic mass is 32.2. The van der Waals surface area contributed by atoms with Gasteiger partial charge in [-0.3, -0.25) is 19.8 Å². The number of thioether (sulfide) groups is 1. The molecule has 0 aliphatic carbocycles. The van der Waals surface area contributed by atoms with Crippen LogP contribution in [-0.4, -0.2) is 40.4 Å². The molecule has 2 rings (SSSR count). The van der Waals surface area contributed by atoms with E-state index in [1.54, 1.807) is 28.6 Å². The fourth-order valence-corrected chi connectivity index (χ4v) is 4.05. The molecule has 3 N–H and O–H groups in total. The summed E-state index contributed by atoms with van der Waals surface area (Å²) in [5.41, 5.74) is 4.16. The molecule has 8 heteroatoms. The molecule has 6 nitrogen and oxygen atoms in total. The molecule has 2 unspecified atom stereocenters. The van der Waals surface area contributed by atoms with Gasteiger partial charge in [0.25, 0.3) is 5.91 Å².